The van der Waals surface area contributed by atoms with Crippen molar-refractivity contribution in [3.8, 4) is 0 Å². The highest BCUT2D eigenvalue weighted by molar-refractivity contribution is 6.02. The van der Waals surface area contributed by atoms with Crippen LogP contribution in [-0.4, -0.2) is 13.2 Å². The summed E-state index contributed by atoms with van der Waals surface area (Å²) in [5.41, 5.74) is 4.01. The molecule has 0 atom stereocenters. The van der Waals surface area contributed by atoms with Crippen LogP contribution in [0.3, 0.4) is 0 Å². The summed E-state index contributed by atoms with van der Waals surface area (Å²) in [5, 5.41) is 8.76. The largest absolute Gasteiger partial charge is 0.313 e. The molecular formula is C20H22N2O. The van der Waals surface area contributed by atoms with Gasteiger partial charge in [0.2, 0.25) is 0 Å². The van der Waals surface area contributed by atoms with Gasteiger partial charge < -0.3 is 5.32 Å². The Bertz CT molecular complexity index is 744. The van der Waals surface area contributed by atoms with Crippen LogP contribution in [0, 0.1) is 0 Å². The zero-order chi connectivity index (χ0) is 15.9. The van der Waals surface area contributed by atoms with Gasteiger partial charge in [-0.05, 0) is 46.1 Å². The lowest BCUT2D eigenvalue weighted by molar-refractivity contribution is 0.0697. The third-order valence-electron chi connectivity index (χ3n) is 3.95. The number of rotatable bonds is 8. The Morgan fingerprint density at radius 3 is 2.26 bits per heavy atom. The molecule has 0 radical (unpaired) electrons. The molecule has 23 heavy (non-hydrogen) atoms. The van der Waals surface area contributed by atoms with Crippen LogP contribution in [0.4, 0.5) is 0 Å². The van der Waals surface area contributed by atoms with Crippen LogP contribution in [-0.2, 0) is 11.4 Å². The predicted molar refractivity (Wildman–Crippen MR) is 97.1 cm³/mol. The van der Waals surface area contributed by atoms with E-state index in [2.05, 4.69) is 72.0 Å². The number of benzene rings is 3. The van der Waals surface area contributed by atoms with Crippen LogP contribution in [0.5, 0.6) is 0 Å². The summed E-state index contributed by atoms with van der Waals surface area (Å²) in [6.45, 7) is 5.97. The first kappa shape index (κ1) is 15.5. The average molecular weight is 306 g/mol. The number of fused-ring (bicyclic) bond motifs is 2. The van der Waals surface area contributed by atoms with Gasteiger partial charge in [0.15, 0.2) is 0 Å². The molecule has 3 nitrogen and oxygen atoms in total. The Kier molecular flexibility index (Phi) is 5.25. The molecule has 3 heteroatoms. The van der Waals surface area contributed by atoms with Crippen LogP contribution in [0.15, 0.2) is 67.4 Å². The second-order valence-electron chi connectivity index (χ2n) is 5.50. The molecule has 0 saturated heterocycles. The maximum absolute atomic E-state index is 5.17. The van der Waals surface area contributed by atoms with Crippen LogP contribution < -0.4 is 10.8 Å². The van der Waals surface area contributed by atoms with Crippen molar-refractivity contribution in [3.05, 3.63) is 72.9 Å². The zero-order valence-electron chi connectivity index (χ0n) is 13.2. The van der Waals surface area contributed by atoms with Gasteiger partial charge in [0.25, 0.3) is 0 Å². The van der Waals surface area contributed by atoms with Crippen molar-refractivity contribution in [3.63, 3.8) is 0 Å². The number of hydrogen-bond acceptors (Lipinski definition) is 3. The maximum atomic E-state index is 5.17. The minimum absolute atomic E-state index is 0.662. The zero-order valence-corrected chi connectivity index (χ0v) is 13.2. The highest BCUT2D eigenvalue weighted by Crippen LogP contribution is 2.28. The summed E-state index contributed by atoms with van der Waals surface area (Å²) in [6, 6.07) is 19.4. The smallest absolute Gasteiger partial charge is 0.0757 e. The van der Waals surface area contributed by atoms with Gasteiger partial charge >= 0.3 is 0 Å². The van der Waals surface area contributed by atoms with Crippen molar-refractivity contribution in [1.29, 1.82) is 0 Å². The van der Waals surface area contributed by atoms with Crippen molar-refractivity contribution >= 4 is 21.5 Å². The highest BCUT2D eigenvalue weighted by atomic mass is 16.6. The van der Waals surface area contributed by atoms with E-state index < -0.39 is 0 Å². The van der Waals surface area contributed by atoms with E-state index in [1.165, 1.54) is 33.3 Å². The second-order valence-corrected chi connectivity index (χ2v) is 5.50. The van der Waals surface area contributed by atoms with E-state index in [0.717, 1.165) is 19.5 Å². The van der Waals surface area contributed by atoms with E-state index in [4.69, 9.17) is 4.84 Å². The first-order chi connectivity index (χ1) is 11.4. The van der Waals surface area contributed by atoms with E-state index in [0.29, 0.717) is 6.61 Å². The van der Waals surface area contributed by atoms with E-state index in [1.807, 2.05) is 0 Å². The molecule has 0 heterocycles. The average Bonchev–Trinajstić information content (AvgIpc) is 2.60. The summed E-state index contributed by atoms with van der Waals surface area (Å²) in [6.07, 6.45) is 2.49. The van der Waals surface area contributed by atoms with Crippen molar-refractivity contribution < 1.29 is 4.84 Å². The molecule has 0 amide bonds. The standard InChI is InChI=1S/C20H22N2O/c1-2-22-23-13-7-12-21-15-20-18-10-5-3-8-16(18)14-17-9-4-6-11-19(17)20/h2-6,8-11,14,21-22H,1,7,12-13,15H2. The van der Waals surface area contributed by atoms with E-state index >= 15 is 0 Å². The molecule has 118 valence electrons. The molecule has 0 bridgehead atoms. The minimum atomic E-state index is 0.662. The lowest BCUT2D eigenvalue weighted by Crippen LogP contribution is -2.18. The predicted octanol–water partition coefficient (Wildman–Crippen LogP) is 4.14. The molecule has 0 aliphatic carbocycles. The lowest BCUT2D eigenvalue weighted by Gasteiger charge is -2.12. The molecule has 0 spiro atoms. The van der Waals surface area contributed by atoms with E-state index in [1.54, 1.807) is 0 Å². The summed E-state index contributed by atoms with van der Waals surface area (Å²) < 4.78 is 0. The Labute approximate surface area is 136 Å². The fourth-order valence-corrected chi connectivity index (χ4v) is 2.90. The molecule has 3 rings (SSSR count). The summed E-state index contributed by atoms with van der Waals surface area (Å²) in [4.78, 5) is 5.17. The van der Waals surface area contributed by atoms with Crippen molar-refractivity contribution in [2.24, 2.45) is 0 Å². The van der Waals surface area contributed by atoms with Gasteiger partial charge in [0, 0.05) is 12.7 Å². The molecule has 3 aromatic carbocycles. The third kappa shape index (κ3) is 3.70. The van der Waals surface area contributed by atoms with Crippen LogP contribution in [0.1, 0.15) is 12.0 Å². The van der Waals surface area contributed by atoms with Gasteiger partial charge in [-0.3, -0.25) is 10.3 Å². The summed E-state index contributed by atoms with van der Waals surface area (Å²) in [5.74, 6) is 0. The highest BCUT2D eigenvalue weighted by Gasteiger charge is 2.06. The number of hydroxylamine groups is 1. The number of hydrogen-bond donors (Lipinski definition) is 2. The number of nitrogens with one attached hydrogen (secondary N) is 2. The van der Waals surface area contributed by atoms with Gasteiger partial charge in [-0.15, -0.1) is 0 Å². The van der Waals surface area contributed by atoms with Crippen molar-refractivity contribution in [1.82, 2.24) is 10.8 Å². The van der Waals surface area contributed by atoms with E-state index in [-0.39, 0.29) is 0 Å². The monoisotopic (exact) mass is 306 g/mol. The molecule has 0 saturated carbocycles. The second kappa shape index (κ2) is 7.77. The Hall–Kier alpha value is -2.36. The fourth-order valence-electron chi connectivity index (χ4n) is 2.90. The van der Waals surface area contributed by atoms with Gasteiger partial charge in [0.05, 0.1) is 6.61 Å². The fraction of sp³-hybridized carbons (Fsp3) is 0.200. The molecule has 0 aliphatic rings. The normalized spacial score (nSPS) is 11.0. The summed E-state index contributed by atoms with van der Waals surface area (Å²) >= 11 is 0. The lowest BCUT2D eigenvalue weighted by atomic mass is 9.97. The molecule has 0 fully saturated rings. The molecule has 0 unspecified atom stereocenters. The SMILES string of the molecule is C=CNOCCCNCc1c2ccccc2cc2ccccc12. The van der Waals surface area contributed by atoms with Gasteiger partial charge in [-0.1, -0.05) is 55.1 Å². The molecule has 0 aliphatic heterocycles. The molecule has 3 aromatic rings. The van der Waals surface area contributed by atoms with Gasteiger partial charge in [-0.25, -0.2) is 0 Å². The first-order valence-corrected chi connectivity index (χ1v) is 7.98. The maximum Gasteiger partial charge on any atom is 0.0757 e. The Balaban J connectivity index is 1.76. The minimum Gasteiger partial charge on any atom is -0.313 e. The molecular weight excluding hydrogens is 284 g/mol. The van der Waals surface area contributed by atoms with Crippen LogP contribution >= 0.6 is 0 Å². The quantitative estimate of drug-likeness (QED) is 0.373. The van der Waals surface area contributed by atoms with Gasteiger partial charge in [-0.2, -0.15) is 0 Å². The van der Waals surface area contributed by atoms with Crippen LogP contribution in [0.25, 0.3) is 21.5 Å². The van der Waals surface area contributed by atoms with E-state index in [9.17, 15) is 0 Å². The van der Waals surface area contributed by atoms with Crippen molar-refractivity contribution in [2.45, 2.75) is 13.0 Å². The van der Waals surface area contributed by atoms with Gasteiger partial charge in [0.1, 0.15) is 0 Å². The van der Waals surface area contributed by atoms with Crippen molar-refractivity contribution in [2.75, 3.05) is 13.2 Å². The molecule has 0 aromatic heterocycles. The third-order valence-corrected chi connectivity index (χ3v) is 3.95. The topological polar surface area (TPSA) is 33.3 Å². The van der Waals surface area contributed by atoms with Crippen LogP contribution in [0.2, 0.25) is 0 Å². The molecule has 2 N–H and O–H groups in total. The first-order valence-electron chi connectivity index (χ1n) is 7.98. The Morgan fingerprint density at radius 1 is 0.957 bits per heavy atom. The summed E-state index contributed by atoms with van der Waals surface area (Å²) in [7, 11) is 0. The Morgan fingerprint density at radius 2 is 1.61 bits per heavy atom.